The van der Waals surface area contributed by atoms with Gasteiger partial charge in [-0.1, -0.05) is 0 Å². The molecule has 0 aliphatic rings. The molecule has 0 saturated carbocycles. The highest BCUT2D eigenvalue weighted by atomic mass is 19.1. The second-order valence-corrected chi connectivity index (χ2v) is 4.34. The second kappa shape index (κ2) is 9.31. The molecule has 1 rings (SSSR count). The molecule has 0 unspecified atom stereocenters. The molecule has 0 aromatic heterocycles. The molecule has 4 nitrogen and oxygen atoms in total. The highest BCUT2D eigenvalue weighted by Gasteiger charge is 2.05. The van der Waals surface area contributed by atoms with Crippen molar-refractivity contribution in [2.75, 3.05) is 19.8 Å². The van der Waals surface area contributed by atoms with Crippen molar-refractivity contribution in [2.45, 2.75) is 32.6 Å². The molecule has 0 aliphatic heterocycles. The van der Waals surface area contributed by atoms with Gasteiger partial charge < -0.3 is 14.6 Å². The maximum atomic E-state index is 13.5. The molecule has 112 valence electrons. The summed E-state index contributed by atoms with van der Waals surface area (Å²) in [6.07, 6.45) is 1.86. The Kier molecular flexibility index (Phi) is 7.65. The Labute approximate surface area is 118 Å². The van der Waals surface area contributed by atoms with Crippen molar-refractivity contribution in [3.05, 3.63) is 29.6 Å². The van der Waals surface area contributed by atoms with E-state index in [1.54, 1.807) is 19.1 Å². The lowest BCUT2D eigenvalue weighted by molar-refractivity contribution is -0.143. The molecule has 0 atom stereocenters. The number of hydrogen-bond donors (Lipinski definition) is 1. The van der Waals surface area contributed by atoms with E-state index in [9.17, 15) is 9.18 Å². The number of carbonyl (C=O) groups excluding carboxylic acids is 1. The monoisotopic (exact) mass is 284 g/mol. The zero-order chi connectivity index (χ0) is 14.8. The van der Waals surface area contributed by atoms with E-state index < -0.39 is 0 Å². The predicted molar refractivity (Wildman–Crippen MR) is 73.2 cm³/mol. The highest BCUT2D eigenvalue weighted by Crippen LogP contribution is 2.18. The van der Waals surface area contributed by atoms with Crippen LogP contribution in [0.2, 0.25) is 0 Å². The number of aliphatic hydroxyl groups excluding tert-OH is 1. The average molecular weight is 284 g/mol. The largest absolute Gasteiger partial charge is 0.494 e. The molecule has 1 aromatic rings. The topological polar surface area (TPSA) is 55.8 Å². The van der Waals surface area contributed by atoms with Gasteiger partial charge in [-0.2, -0.15) is 0 Å². The van der Waals surface area contributed by atoms with Crippen LogP contribution in [0.5, 0.6) is 5.75 Å². The number of benzene rings is 1. The first-order valence-corrected chi connectivity index (χ1v) is 6.85. The first-order valence-electron chi connectivity index (χ1n) is 6.85. The van der Waals surface area contributed by atoms with E-state index in [4.69, 9.17) is 14.6 Å². The summed E-state index contributed by atoms with van der Waals surface area (Å²) in [7, 11) is 0. The summed E-state index contributed by atoms with van der Waals surface area (Å²) >= 11 is 0. The van der Waals surface area contributed by atoms with Crippen LogP contribution in [0.25, 0.3) is 0 Å². The quantitative estimate of drug-likeness (QED) is 0.559. The minimum absolute atomic E-state index is 0.0318. The van der Waals surface area contributed by atoms with E-state index >= 15 is 0 Å². The summed E-state index contributed by atoms with van der Waals surface area (Å²) in [5, 5.41) is 8.76. The Balaban J connectivity index is 2.38. The van der Waals surface area contributed by atoms with Crippen LogP contribution in [0.1, 0.15) is 31.7 Å². The van der Waals surface area contributed by atoms with Gasteiger partial charge in [0, 0.05) is 13.0 Å². The first kappa shape index (κ1) is 16.4. The van der Waals surface area contributed by atoms with Gasteiger partial charge in [0.1, 0.15) is 11.6 Å². The van der Waals surface area contributed by atoms with Crippen LogP contribution in [0.4, 0.5) is 4.39 Å². The van der Waals surface area contributed by atoms with Crippen LogP contribution in [0.3, 0.4) is 0 Å². The highest BCUT2D eigenvalue weighted by molar-refractivity contribution is 5.69. The van der Waals surface area contributed by atoms with Crippen molar-refractivity contribution in [1.29, 1.82) is 0 Å². The number of hydrogen-bond acceptors (Lipinski definition) is 4. The fraction of sp³-hybridized carbons (Fsp3) is 0.533. The number of halogens is 1. The zero-order valence-corrected chi connectivity index (χ0v) is 11.7. The van der Waals surface area contributed by atoms with Crippen molar-refractivity contribution in [3.63, 3.8) is 0 Å². The Bertz CT molecular complexity index is 420. The van der Waals surface area contributed by atoms with Crippen LogP contribution in [-0.2, 0) is 16.0 Å². The zero-order valence-electron chi connectivity index (χ0n) is 11.7. The lowest BCUT2D eigenvalue weighted by atomic mass is 10.1. The van der Waals surface area contributed by atoms with Gasteiger partial charge in [-0.25, -0.2) is 4.39 Å². The molecule has 0 aliphatic carbocycles. The minimum Gasteiger partial charge on any atom is -0.494 e. The number of esters is 1. The summed E-state index contributed by atoms with van der Waals surface area (Å²) in [5.74, 6) is 0.0411. The van der Waals surface area contributed by atoms with E-state index in [1.165, 1.54) is 6.07 Å². The van der Waals surface area contributed by atoms with Crippen molar-refractivity contribution < 1.29 is 23.8 Å². The predicted octanol–water partition coefficient (Wildman–Crippen LogP) is 2.47. The molecule has 1 N–H and O–H groups in total. The first-order chi connectivity index (χ1) is 9.67. The standard InChI is InChI=1S/C15H21FO4/c1-2-19-15(18)6-4-10-20-13-7-8-14(16)12(11-13)5-3-9-17/h7-8,11,17H,2-6,9-10H2,1H3. The molecule has 0 saturated heterocycles. The smallest absolute Gasteiger partial charge is 0.305 e. The third-order valence-electron chi connectivity index (χ3n) is 2.72. The van der Waals surface area contributed by atoms with Gasteiger partial charge in [0.25, 0.3) is 0 Å². The van der Waals surface area contributed by atoms with Crippen molar-refractivity contribution in [3.8, 4) is 5.75 Å². The molecular formula is C15H21FO4. The van der Waals surface area contributed by atoms with E-state index in [2.05, 4.69) is 0 Å². The van der Waals surface area contributed by atoms with Crippen molar-refractivity contribution >= 4 is 5.97 Å². The van der Waals surface area contributed by atoms with E-state index in [1.807, 2.05) is 0 Å². The van der Waals surface area contributed by atoms with E-state index in [0.29, 0.717) is 50.2 Å². The molecule has 0 amide bonds. The number of ether oxygens (including phenoxy) is 2. The molecule has 0 fully saturated rings. The molecular weight excluding hydrogens is 263 g/mol. The molecule has 5 heteroatoms. The molecule has 0 heterocycles. The van der Waals surface area contributed by atoms with Gasteiger partial charge >= 0.3 is 5.97 Å². The van der Waals surface area contributed by atoms with E-state index in [-0.39, 0.29) is 18.4 Å². The third kappa shape index (κ3) is 6.02. The maximum absolute atomic E-state index is 13.5. The average Bonchev–Trinajstić information content (AvgIpc) is 2.44. The fourth-order valence-electron chi connectivity index (χ4n) is 1.74. The normalized spacial score (nSPS) is 10.3. The van der Waals surface area contributed by atoms with Gasteiger partial charge in [0.15, 0.2) is 0 Å². The molecule has 0 bridgehead atoms. The van der Waals surface area contributed by atoms with Crippen LogP contribution < -0.4 is 4.74 Å². The SMILES string of the molecule is CCOC(=O)CCCOc1ccc(F)c(CCCO)c1. The van der Waals surface area contributed by atoms with Crippen LogP contribution in [0.15, 0.2) is 18.2 Å². The number of aliphatic hydroxyl groups is 1. The molecule has 20 heavy (non-hydrogen) atoms. The van der Waals surface area contributed by atoms with Gasteiger partial charge in [0.05, 0.1) is 13.2 Å². The van der Waals surface area contributed by atoms with Gasteiger partial charge in [0.2, 0.25) is 0 Å². The van der Waals surface area contributed by atoms with Gasteiger partial charge in [-0.15, -0.1) is 0 Å². The summed E-state index contributed by atoms with van der Waals surface area (Å²) in [4.78, 5) is 11.1. The number of aryl methyl sites for hydroxylation is 1. The summed E-state index contributed by atoms with van der Waals surface area (Å²) in [6, 6.07) is 4.55. The van der Waals surface area contributed by atoms with Crippen LogP contribution >= 0.6 is 0 Å². The lowest BCUT2D eigenvalue weighted by Gasteiger charge is -2.09. The molecule has 1 aromatic carbocycles. The number of carbonyl (C=O) groups is 1. The molecule has 0 spiro atoms. The van der Waals surface area contributed by atoms with Crippen LogP contribution in [-0.4, -0.2) is 30.9 Å². The third-order valence-corrected chi connectivity index (χ3v) is 2.72. The Morgan fingerprint density at radius 2 is 2.15 bits per heavy atom. The Hall–Kier alpha value is -1.62. The Morgan fingerprint density at radius 1 is 1.35 bits per heavy atom. The fourth-order valence-corrected chi connectivity index (χ4v) is 1.74. The Morgan fingerprint density at radius 3 is 2.85 bits per heavy atom. The lowest BCUT2D eigenvalue weighted by Crippen LogP contribution is -2.07. The number of rotatable bonds is 9. The van der Waals surface area contributed by atoms with Crippen molar-refractivity contribution in [2.24, 2.45) is 0 Å². The summed E-state index contributed by atoms with van der Waals surface area (Å²) in [6.45, 7) is 2.56. The molecule has 0 radical (unpaired) electrons. The van der Waals surface area contributed by atoms with Crippen molar-refractivity contribution in [1.82, 2.24) is 0 Å². The van der Waals surface area contributed by atoms with Gasteiger partial charge in [-0.05, 0) is 49.9 Å². The second-order valence-electron chi connectivity index (χ2n) is 4.34. The van der Waals surface area contributed by atoms with Crippen LogP contribution in [0, 0.1) is 5.82 Å². The summed E-state index contributed by atoms with van der Waals surface area (Å²) < 4.78 is 23.8. The van der Waals surface area contributed by atoms with Gasteiger partial charge in [-0.3, -0.25) is 4.79 Å². The minimum atomic E-state index is -0.294. The summed E-state index contributed by atoms with van der Waals surface area (Å²) in [5.41, 5.74) is 0.530. The van der Waals surface area contributed by atoms with E-state index in [0.717, 1.165) is 0 Å². The maximum Gasteiger partial charge on any atom is 0.305 e.